The number of carbonyl (C=O) groups excluding carboxylic acids is 1. The van der Waals surface area contributed by atoms with Crippen molar-refractivity contribution in [2.75, 3.05) is 11.9 Å². The van der Waals surface area contributed by atoms with Gasteiger partial charge in [-0.1, -0.05) is 6.07 Å². The highest BCUT2D eigenvalue weighted by atomic mass is 127. The fourth-order valence-corrected chi connectivity index (χ4v) is 2.56. The number of aromatic nitrogens is 1. The van der Waals surface area contributed by atoms with Gasteiger partial charge in [-0.05, 0) is 47.7 Å². The first kappa shape index (κ1) is 13.3. The lowest BCUT2D eigenvalue weighted by atomic mass is 10.3. The molecule has 4 nitrogen and oxygen atoms in total. The summed E-state index contributed by atoms with van der Waals surface area (Å²) < 4.78 is 6.03. The van der Waals surface area contributed by atoms with E-state index in [9.17, 15) is 4.79 Å². The summed E-state index contributed by atoms with van der Waals surface area (Å²) >= 11 is 3.62. The van der Waals surface area contributed by atoms with Crippen molar-refractivity contribution < 1.29 is 9.53 Å². The van der Waals surface area contributed by atoms with Gasteiger partial charge < -0.3 is 10.1 Å². The summed E-state index contributed by atoms with van der Waals surface area (Å²) in [5.74, 6) is -0.385. The number of nitrogens with zero attached hydrogens (tertiary/aromatic N) is 1. The number of carbonyl (C=O) groups is 1. The van der Waals surface area contributed by atoms with Crippen LogP contribution in [0.25, 0.3) is 0 Å². The maximum atomic E-state index is 11.5. The number of thiazole rings is 1. The van der Waals surface area contributed by atoms with E-state index in [0.717, 1.165) is 9.26 Å². The van der Waals surface area contributed by atoms with Crippen molar-refractivity contribution in [2.24, 2.45) is 0 Å². The Morgan fingerprint density at radius 2 is 2.39 bits per heavy atom. The van der Waals surface area contributed by atoms with Crippen LogP contribution in [-0.2, 0) is 4.74 Å². The van der Waals surface area contributed by atoms with Crippen molar-refractivity contribution in [2.45, 2.75) is 6.92 Å². The molecule has 0 unspecified atom stereocenters. The molecule has 94 valence electrons. The van der Waals surface area contributed by atoms with E-state index in [2.05, 4.69) is 32.9 Å². The quantitative estimate of drug-likeness (QED) is 0.656. The van der Waals surface area contributed by atoms with Gasteiger partial charge in [0.1, 0.15) is 0 Å². The van der Waals surface area contributed by atoms with Gasteiger partial charge in [-0.25, -0.2) is 9.78 Å². The zero-order valence-corrected chi connectivity index (χ0v) is 12.6. The summed E-state index contributed by atoms with van der Waals surface area (Å²) in [5.41, 5.74) is 1.29. The topological polar surface area (TPSA) is 51.2 Å². The molecular formula is C12H11IN2O2S. The molecule has 0 radical (unpaired) electrons. The van der Waals surface area contributed by atoms with Crippen molar-refractivity contribution in [3.63, 3.8) is 0 Å². The molecule has 6 heteroatoms. The Labute approximate surface area is 123 Å². The molecule has 0 aliphatic rings. The number of halogens is 1. The van der Waals surface area contributed by atoms with E-state index in [1.807, 2.05) is 24.3 Å². The van der Waals surface area contributed by atoms with E-state index in [1.54, 1.807) is 12.3 Å². The number of rotatable bonds is 4. The lowest BCUT2D eigenvalue weighted by molar-refractivity contribution is 0.0520. The Bertz CT molecular complexity index is 557. The van der Waals surface area contributed by atoms with Gasteiger partial charge in [-0.15, -0.1) is 11.3 Å². The third kappa shape index (κ3) is 3.42. The average molecular weight is 374 g/mol. The molecule has 18 heavy (non-hydrogen) atoms. The molecule has 1 aromatic carbocycles. The van der Waals surface area contributed by atoms with Crippen molar-refractivity contribution in [3.8, 4) is 0 Å². The molecule has 0 amide bonds. The van der Waals surface area contributed by atoms with Gasteiger partial charge in [0.15, 0.2) is 10.8 Å². The fourth-order valence-electron chi connectivity index (χ4n) is 1.32. The number of hydrogen-bond donors (Lipinski definition) is 1. The number of benzene rings is 1. The molecule has 0 saturated heterocycles. The molecule has 1 N–H and O–H groups in total. The van der Waals surface area contributed by atoms with E-state index in [-0.39, 0.29) is 5.97 Å². The Morgan fingerprint density at radius 3 is 3.11 bits per heavy atom. The van der Waals surface area contributed by atoms with Crippen molar-refractivity contribution >= 4 is 50.7 Å². The molecule has 0 spiro atoms. The van der Waals surface area contributed by atoms with Crippen LogP contribution in [0.3, 0.4) is 0 Å². The minimum absolute atomic E-state index is 0.343. The van der Waals surface area contributed by atoms with Gasteiger partial charge in [-0.3, -0.25) is 0 Å². The fraction of sp³-hybridized carbons (Fsp3) is 0.167. The van der Waals surface area contributed by atoms with Crippen LogP contribution in [0.4, 0.5) is 10.8 Å². The molecule has 0 aliphatic carbocycles. The minimum atomic E-state index is -0.385. The zero-order valence-electron chi connectivity index (χ0n) is 9.64. The van der Waals surface area contributed by atoms with Crippen molar-refractivity contribution in [1.82, 2.24) is 4.98 Å². The Balaban J connectivity index is 2.09. The van der Waals surface area contributed by atoms with Gasteiger partial charge in [0.25, 0.3) is 0 Å². The number of esters is 1. The van der Waals surface area contributed by atoms with E-state index in [0.29, 0.717) is 17.4 Å². The summed E-state index contributed by atoms with van der Waals surface area (Å²) in [5, 5.41) is 5.53. The smallest absolute Gasteiger partial charge is 0.357 e. The first-order valence-electron chi connectivity index (χ1n) is 5.34. The lowest BCUT2D eigenvalue weighted by Gasteiger charge is -2.02. The molecule has 0 bridgehead atoms. The Hall–Kier alpha value is -1.15. The van der Waals surface area contributed by atoms with Crippen molar-refractivity contribution in [1.29, 1.82) is 0 Å². The van der Waals surface area contributed by atoms with E-state index >= 15 is 0 Å². The molecular weight excluding hydrogens is 363 g/mol. The van der Waals surface area contributed by atoms with E-state index in [1.165, 1.54) is 11.3 Å². The monoisotopic (exact) mass is 374 g/mol. The minimum Gasteiger partial charge on any atom is -0.461 e. The van der Waals surface area contributed by atoms with Crippen LogP contribution in [0.5, 0.6) is 0 Å². The standard InChI is InChI=1S/C12H11IN2O2S/c1-2-17-11(16)10-7-18-12(15-10)14-9-5-3-4-8(13)6-9/h3-7H,2H2,1H3,(H,14,15). The highest BCUT2D eigenvalue weighted by molar-refractivity contribution is 14.1. The predicted molar refractivity (Wildman–Crippen MR) is 80.5 cm³/mol. The van der Waals surface area contributed by atoms with Crippen LogP contribution >= 0.6 is 33.9 Å². The first-order chi connectivity index (χ1) is 8.69. The molecule has 0 atom stereocenters. The summed E-state index contributed by atoms with van der Waals surface area (Å²) in [4.78, 5) is 15.6. The Morgan fingerprint density at radius 1 is 1.56 bits per heavy atom. The van der Waals surface area contributed by atoms with Gasteiger partial charge in [0.05, 0.1) is 6.61 Å². The molecule has 1 aromatic heterocycles. The van der Waals surface area contributed by atoms with Gasteiger partial charge in [0, 0.05) is 14.6 Å². The summed E-state index contributed by atoms with van der Waals surface area (Å²) in [6.45, 7) is 2.13. The average Bonchev–Trinajstić information content (AvgIpc) is 2.78. The number of hydrogen-bond acceptors (Lipinski definition) is 5. The van der Waals surface area contributed by atoms with Crippen LogP contribution in [-0.4, -0.2) is 17.6 Å². The third-order valence-electron chi connectivity index (χ3n) is 2.06. The summed E-state index contributed by atoms with van der Waals surface area (Å²) in [6, 6.07) is 7.93. The SMILES string of the molecule is CCOC(=O)c1csc(Nc2cccc(I)c2)n1. The van der Waals surface area contributed by atoms with Crippen LogP contribution < -0.4 is 5.32 Å². The normalized spacial score (nSPS) is 10.1. The highest BCUT2D eigenvalue weighted by Gasteiger charge is 2.11. The maximum Gasteiger partial charge on any atom is 0.357 e. The number of anilines is 2. The first-order valence-corrected chi connectivity index (χ1v) is 7.30. The molecule has 2 rings (SSSR count). The maximum absolute atomic E-state index is 11.5. The highest BCUT2D eigenvalue weighted by Crippen LogP contribution is 2.22. The molecule has 0 fully saturated rings. The largest absolute Gasteiger partial charge is 0.461 e. The van der Waals surface area contributed by atoms with Crippen molar-refractivity contribution in [3.05, 3.63) is 38.9 Å². The van der Waals surface area contributed by atoms with Crippen LogP contribution in [0.15, 0.2) is 29.6 Å². The van der Waals surface area contributed by atoms with Crippen LogP contribution in [0.1, 0.15) is 17.4 Å². The predicted octanol–water partition coefficient (Wildman–Crippen LogP) is 3.67. The van der Waals surface area contributed by atoms with Gasteiger partial charge in [-0.2, -0.15) is 0 Å². The second-order valence-corrected chi connectivity index (χ2v) is 5.50. The molecule has 2 aromatic rings. The molecule has 1 heterocycles. The summed E-state index contributed by atoms with van der Waals surface area (Å²) in [7, 11) is 0. The van der Waals surface area contributed by atoms with E-state index < -0.39 is 0 Å². The lowest BCUT2D eigenvalue weighted by Crippen LogP contribution is -2.04. The molecule has 0 saturated carbocycles. The summed E-state index contributed by atoms with van der Waals surface area (Å²) in [6.07, 6.45) is 0. The van der Waals surface area contributed by atoms with Gasteiger partial charge >= 0.3 is 5.97 Å². The number of nitrogens with one attached hydrogen (secondary N) is 1. The second kappa shape index (κ2) is 6.14. The third-order valence-corrected chi connectivity index (χ3v) is 3.49. The van der Waals surface area contributed by atoms with Crippen LogP contribution in [0, 0.1) is 3.57 Å². The Kier molecular flexibility index (Phi) is 4.54. The number of ether oxygens (including phenoxy) is 1. The zero-order chi connectivity index (χ0) is 13.0. The second-order valence-electron chi connectivity index (χ2n) is 3.39. The van der Waals surface area contributed by atoms with Gasteiger partial charge in [0.2, 0.25) is 0 Å². The van der Waals surface area contributed by atoms with E-state index in [4.69, 9.17) is 4.74 Å². The molecule has 0 aliphatic heterocycles. The van der Waals surface area contributed by atoms with Crippen LogP contribution in [0.2, 0.25) is 0 Å².